The van der Waals surface area contributed by atoms with Crippen molar-refractivity contribution in [3.8, 4) is 0 Å². The maximum absolute atomic E-state index is 9.44. The molecule has 4 N–H and O–H groups in total. The molecule has 1 aliphatic rings. The van der Waals surface area contributed by atoms with Gasteiger partial charge in [-0.2, -0.15) is 0 Å². The Labute approximate surface area is 76.6 Å². The fourth-order valence-electron chi connectivity index (χ4n) is 1.34. The standard InChI is InChI=1S/C8H16O5/c1-4-2-13-3-5(9)7(11)8(12)6(4)10/h4-12H,2-3H2,1H3. The maximum Gasteiger partial charge on any atom is 0.111 e. The van der Waals surface area contributed by atoms with Crippen molar-refractivity contribution in [2.45, 2.75) is 31.3 Å². The molecule has 5 unspecified atom stereocenters. The summed E-state index contributed by atoms with van der Waals surface area (Å²) in [6.07, 6.45) is -4.87. The van der Waals surface area contributed by atoms with Gasteiger partial charge in [0.05, 0.1) is 19.3 Å². The van der Waals surface area contributed by atoms with Crippen LogP contribution in [0.4, 0.5) is 0 Å². The lowest BCUT2D eigenvalue weighted by Crippen LogP contribution is -2.51. The molecular formula is C8H16O5. The molecule has 0 spiro atoms. The van der Waals surface area contributed by atoms with Gasteiger partial charge in [-0.1, -0.05) is 6.92 Å². The Morgan fingerprint density at radius 2 is 1.54 bits per heavy atom. The number of rotatable bonds is 0. The molecule has 78 valence electrons. The van der Waals surface area contributed by atoms with Gasteiger partial charge in [-0.15, -0.1) is 0 Å². The molecule has 1 saturated heterocycles. The van der Waals surface area contributed by atoms with Crippen LogP contribution in [0, 0.1) is 5.92 Å². The van der Waals surface area contributed by atoms with Crippen LogP contribution < -0.4 is 0 Å². The van der Waals surface area contributed by atoms with Crippen molar-refractivity contribution in [1.29, 1.82) is 0 Å². The first-order chi connectivity index (χ1) is 6.04. The van der Waals surface area contributed by atoms with Gasteiger partial charge in [-0.25, -0.2) is 0 Å². The summed E-state index contributed by atoms with van der Waals surface area (Å²) in [6.45, 7) is 1.95. The van der Waals surface area contributed by atoms with Crippen molar-refractivity contribution < 1.29 is 25.2 Å². The first-order valence-electron chi connectivity index (χ1n) is 4.34. The Hall–Kier alpha value is -0.200. The summed E-state index contributed by atoms with van der Waals surface area (Å²) < 4.78 is 5.01. The van der Waals surface area contributed by atoms with Crippen LogP contribution in [0.3, 0.4) is 0 Å². The molecule has 0 aliphatic carbocycles. The monoisotopic (exact) mass is 192 g/mol. The average molecular weight is 192 g/mol. The number of hydrogen-bond acceptors (Lipinski definition) is 5. The first-order valence-corrected chi connectivity index (χ1v) is 4.34. The third kappa shape index (κ3) is 2.38. The first kappa shape index (κ1) is 10.9. The van der Waals surface area contributed by atoms with E-state index in [1.807, 2.05) is 0 Å². The summed E-state index contributed by atoms with van der Waals surface area (Å²) in [5, 5.41) is 37.3. The highest BCUT2D eigenvalue weighted by atomic mass is 16.5. The zero-order valence-electron chi connectivity index (χ0n) is 7.50. The molecule has 1 rings (SSSR count). The van der Waals surface area contributed by atoms with E-state index in [0.717, 1.165) is 0 Å². The van der Waals surface area contributed by atoms with Crippen molar-refractivity contribution >= 4 is 0 Å². The van der Waals surface area contributed by atoms with Gasteiger partial charge in [-0.05, 0) is 0 Å². The van der Waals surface area contributed by atoms with E-state index in [9.17, 15) is 20.4 Å². The van der Waals surface area contributed by atoms with Crippen molar-refractivity contribution in [3.05, 3.63) is 0 Å². The maximum atomic E-state index is 9.44. The Kier molecular flexibility index (Phi) is 3.63. The molecule has 5 atom stereocenters. The molecule has 5 nitrogen and oxygen atoms in total. The van der Waals surface area contributed by atoms with E-state index >= 15 is 0 Å². The average Bonchev–Trinajstić information content (AvgIpc) is 2.12. The van der Waals surface area contributed by atoms with Crippen LogP contribution in [0.25, 0.3) is 0 Å². The zero-order valence-corrected chi connectivity index (χ0v) is 7.50. The van der Waals surface area contributed by atoms with E-state index < -0.39 is 24.4 Å². The SMILES string of the molecule is CC1COCC(O)C(O)C(O)C1O. The van der Waals surface area contributed by atoms with E-state index in [-0.39, 0.29) is 19.1 Å². The topological polar surface area (TPSA) is 90.2 Å². The lowest BCUT2D eigenvalue weighted by atomic mass is 9.93. The third-order valence-electron chi connectivity index (χ3n) is 2.35. The summed E-state index contributed by atoms with van der Waals surface area (Å²) in [6, 6.07) is 0. The molecule has 1 fully saturated rings. The molecule has 0 aromatic heterocycles. The van der Waals surface area contributed by atoms with Gasteiger partial charge < -0.3 is 25.2 Å². The molecule has 0 saturated carbocycles. The molecule has 1 aliphatic heterocycles. The van der Waals surface area contributed by atoms with Gasteiger partial charge in [0.25, 0.3) is 0 Å². The van der Waals surface area contributed by atoms with Gasteiger partial charge in [0.2, 0.25) is 0 Å². The van der Waals surface area contributed by atoms with Crippen LogP contribution in [-0.2, 0) is 4.74 Å². The van der Waals surface area contributed by atoms with Gasteiger partial charge in [0, 0.05) is 5.92 Å². The zero-order chi connectivity index (χ0) is 10.0. The van der Waals surface area contributed by atoms with Crippen molar-refractivity contribution in [3.63, 3.8) is 0 Å². The Morgan fingerprint density at radius 1 is 0.923 bits per heavy atom. The quantitative estimate of drug-likeness (QED) is 0.360. The number of aliphatic hydroxyl groups is 4. The van der Waals surface area contributed by atoms with Gasteiger partial charge in [0.1, 0.15) is 18.3 Å². The number of hydrogen-bond donors (Lipinski definition) is 4. The lowest BCUT2D eigenvalue weighted by molar-refractivity contribution is -0.157. The fraction of sp³-hybridized carbons (Fsp3) is 1.00. The predicted octanol–water partition coefficient (Wildman–Crippen LogP) is -1.90. The van der Waals surface area contributed by atoms with Crippen LogP contribution in [-0.4, -0.2) is 58.1 Å². The van der Waals surface area contributed by atoms with Crippen molar-refractivity contribution in [2.75, 3.05) is 13.2 Å². The van der Waals surface area contributed by atoms with Gasteiger partial charge in [0.15, 0.2) is 0 Å². The van der Waals surface area contributed by atoms with E-state index in [1.54, 1.807) is 6.92 Å². The fourth-order valence-corrected chi connectivity index (χ4v) is 1.34. The third-order valence-corrected chi connectivity index (χ3v) is 2.35. The minimum atomic E-state index is -1.35. The molecule has 13 heavy (non-hydrogen) atoms. The lowest BCUT2D eigenvalue weighted by Gasteiger charge is -2.32. The highest BCUT2D eigenvalue weighted by Gasteiger charge is 2.35. The summed E-state index contributed by atoms with van der Waals surface area (Å²) >= 11 is 0. The van der Waals surface area contributed by atoms with Crippen molar-refractivity contribution in [2.24, 2.45) is 5.92 Å². The van der Waals surface area contributed by atoms with E-state index in [2.05, 4.69) is 0 Å². The molecular weight excluding hydrogens is 176 g/mol. The predicted molar refractivity (Wildman–Crippen MR) is 44.0 cm³/mol. The molecule has 0 aromatic rings. The summed E-state index contributed by atoms with van der Waals surface area (Å²) in [5.41, 5.74) is 0. The Bertz CT molecular complexity index is 147. The molecule has 0 bridgehead atoms. The second kappa shape index (κ2) is 4.34. The normalized spacial score (nSPS) is 48.2. The second-order valence-electron chi connectivity index (χ2n) is 3.55. The Morgan fingerprint density at radius 3 is 2.15 bits per heavy atom. The van der Waals surface area contributed by atoms with Gasteiger partial charge >= 0.3 is 0 Å². The van der Waals surface area contributed by atoms with E-state index in [1.165, 1.54) is 0 Å². The van der Waals surface area contributed by atoms with Gasteiger partial charge in [-0.3, -0.25) is 0 Å². The summed E-state index contributed by atoms with van der Waals surface area (Å²) in [7, 11) is 0. The number of aliphatic hydroxyl groups excluding tert-OH is 4. The van der Waals surface area contributed by atoms with Crippen LogP contribution >= 0.6 is 0 Å². The minimum Gasteiger partial charge on any atom is -0.390 e. The molecule has 0 amide bonds. The summed E-state index contributed by atoms with van der Waals surface area (Å²) in [5.74, 6) is -0.253. The Balaban J connectivity index is 2.65. The van der Waals surface area contributed by atoms with Crippen molar-refractivity contribution in [1.82, 2.24) is 0 Å². The van der Waals surface area contributed by atoms with Crippen LogP contribution in [0.15, 0.2) is 0 Å². The van der Waals surface area contributed by atoms with Crippen LogP contribution in [0.5, 0.6) is 0 Å². The second-order valence-corrected chi connectivity index (χ2v) is 3.55. The van der Waals surface area contributed by atoms with E-state index in [0.29, 0.717) is 0 Å². The summed E-state index contributed by atoms with van der Waals surface area (Å²) in [4.78, 5) is 0. The molecule has 0 aromatic carbocycles. The van der Waals surface area contributed by atoms with E-state index in [4.69, 9.17) is 4.74 Å². The largest absolute Gasteiger partial charge is 0.390 e. The number of ether oxygens (including phenoxy) is 1. The molecule has 5 heteroatoms. The molecule has 0 radical (unpaired) electrons. The highest BCUT2D eigenvalue weighted by molar-refractivity contribution is 4.85. The van der Waals surface area contributed by atoms with Crippen LogP contribution in [0.2, 0.25) is 0 Å². The smallest absolute Gasteiger partial charge is 0.111 e. The minimum absolute atomic E-state index is 0.0186. The highest BCUT2D eigenvalue weighted by Crippen LogP contribution is 2.16. The molecule has 1 heterocycles. The van der Waals surface area contributed by atoms with Crippen LogP contribution in [0.1, 0.15) is 6.92 Å².